The Morgan fingerprint density at radius 3 is 3.00 bits per heavy atom. The van der Waals surface area contributed by atoms with Crippen molar-refractivity contribution in [2.75, 3.05) is 20.3 Å². The molecular weight excluding hydrogens is 92.1 g/mol. The molecule has 0 aromatic heterocycles. The van der Waals surface area contributed by atoms with Gasteiger partial charge in [0.1, 0.15) is 0 Å². The fourth-order valence-corrected chi connectivity index (χ4v) is 0.592. The summed E-state index contributed by atoms with van der Waals surface area (Å²) in [7, 11) is 1.69. The topological polar surface area (TPSA) is 18.5 Å². The zero-order chi connectivity index (χ0) is 5.11. The second kappa shape index (κ2) is 2.28. The fraction of sp³-hybridized carbons (Fsp3) is 0.800. The zero-order valence-corrected chi connectivity index (χ0v) is 4.39. The van der Waals surface area contributed by atoms with Crippen molar-refractivity contribution in [2.24, 2.45) is 0 Å². The third-order valence-corrected chi connectivity index (χ3v) is 1.06. The van der Waals surface area contributed by atoms with Crippen LogP contribution in [0.5, 0.6) is 0 Å². The van der Waals surface area contributed by atoms with Crippen LogP contribution in [-0.2, 0) is 9.47 Å². The van der Waals surface area contributed by atoms with Crippen LogP contribution in [-0.4, -0.2) is 26.4 Å². The Balaban J connectivity index is 2.14. The molecule has 0 bridgehead atoms. The van der Waals surface area contributed by atoms with Crippen LogP contribution in [0.4, 0.5) is 0 Å². The van der Waals surface area contributed by atoms with E-state index in [0.29, 0.717) is 0 Å². The average molecular weight is 101 g/mol. The number of hydrogen-bond acceptors (Lipinski definition) is 2. The maximum atomic E-state index is 4.97. The van der Waals surface area contributed by atoms with Gasteiger partial charge in [0.2, 0.25) is 0 Å². The normalized spacial score (nSPS) is 31.3. The number of ether oxygens (including phenoxy) is 2. The summed E-state index contributed by atoms with van der Waals surface area (Å²) in [6.45, 7) is 1.48. The molecule has 1 saturated heterocycles. The molecule has 0 amide bonds. The molecule has 0 saturated carbocycles. The summed E-state index contributed by atoms with van der Waals surface area (Å²) in [5.41, 5.74) is 0. The summed E-state index contributed by atoms with van der Waals surface area (Å²) in [5, 5.41) is 0. The lowest BCUT2D eigenvalue weighted by Crippen LogP contribution is -2.08. The van der Waals surface area contributed by atoms with Gasteiger partial charge in [-0.15, -0.1) is 0 Å². The van der Waals surface area contributed by atoms with Gasteiger partial charge in [-0.3, -0.25) is 0 Å². The predicted molar refractivity (Wildman–Crippen MR) is 25.9 cm³/mol. The highest BCUT2D eigenvalue weighted by molar-refractivity contribution is 4.81. The van der Waals surface area contributed by atoms with Crippen LogP contribution in [0.25, 0.3) is 0 Å². The van der Waals surface area contributed by atoms with E-state index >= 15 is 0 Å². The molecule has 0 aromatic carbocycles. The molecule has 2 heteroatoms. The van der Waals surface area contributed by atoms with Crippen molar-refractivity contribution in [1.29, 1.82) is 0 Å². The van der Waals surface area contributed by atoms with Gasteiger partial charge in [-0.1, -0.05) is 0 Å². The maximum Gasteiger partial charge on any atom is 0.0859 e. The summed E-state index contributed by atoms with van der Waals surface area (Å²) < 4.78 is 9.90. The van der Waals surface area contributed by atoms with Crippen LogP contribution in [0, 0.1) is 6.42 Å². The highest BCUT2D eigenvalue weighted by Gasteiger charge is 2.13. The van der Waals surface area contributed by atoms with Crippen molar-refractivity contribution < 1.29 is 9.47 Å². The molecule has 1 aliphatic rings. The molecule has 1 radical (unpaired) electrons. The van der Waals surface area contributed by atoms with Crippen molar-refractivity contribution in [2.45, 2.75) is 6.10 Å². The van der Waals surface area contributed by atoms with Gasteiger partial charge in [0.15, 0.2) is 0 Å². The minimum atomic E-state index is 0.250. The summed E-state index contributed by atoms with van der Waals surface area (Å²) in [4.78, 5) is 0. The lowest BCUT2D eigenvalue weighted by molar-refractivity contribution is 0.0894. The molecule has 7 heavy (non-hydrogen) atoms. The molecule has 41 valence electrons. The molecule has 1 atom stereocenters. The average Bonchev–Trinajstić information content (AvgIpc) is 2.14. The largest absolute Gasteiger partial charge is 0.379 e. The van der Waals surface area contributed by atoms with E-state index in [9.17, 15) is 0 Å². The minimum absolute atomic E-state index is 0.250. The van der Waals surface area contributed by atoms with E-state index in [1.807, 2.05) is 6.42 Å². The van der Waals surface area contributed by atoms with Crippen molar-refractivity contribution in [3.63, 3.8) is 0 Å². The number of rotatable bonds is 1. The van der Waals surface area contributed by atoms with Crippen molar-refractivity contribution in [3.8, 4) is 0 Å². The SMILES string of the molecule is CO[C@@H]1[CH]COC1. The smallest absolute Gasteiger partial charge is 0.0859 e. The van der Waals surface area contributed by atoms with E-state index in [0.717, 1.165) is 13.2 Å². The van der Waals surface area contributed by atoms with E-state index in [-0.39, 0.29) is 6.10 Å². The third-order valence-electron chi connectivity index (χ3n) is 1.06. The second-order valence-electron chi connectivity index (χ2n) is 1.55. The van der Waals surface area contributed by atoms with Crippen molar-refractivity contribution in [3.05, 3.63) is 6.42 Å². The van der Waals surface area contributed by atoms with Crippen LogP contribution >= 0.6 is 0 Å². The Morgan fingerprint density at radius 1 is 1.86 bits per heavy atom. The summed E-state index contributed by atoms with van der Waals surface area (Å²) in [5.74, 6) is 0. The van der Waals surface area contributed by atoms with Gasteiger partial charge >= 0.3 is 0 Å². The van der Waals surface area contributed by atoms with Gasteiger partial charge in [0.05, 0.1) is 19.3 Å². The first kappa shape index (κ1) is 5.06. The van der Waals surface area contributed by atoms with Gasteiger partial charge in [-0.05, 0) is 0 Å². The molecule has 0 unspecified atom stereocenters. The molecule has 0 spiro atoms. The molecule has 2 nitrogen and oxygen atoms in total. The van der Waals surface area contributed by atoms with E-state index in [1.54, 1.807) is 7.11 Å². The first-order chi connectivity index (χ1) is 3.43. The maximum absolute atomic E-state index is 4.97. The fourth-order valence-electron chi connectivity index (χ4n) is 0.592. The number of methoxy groups -OCH3 is 1. The Hall–Kier alpha value is -0.0800. The van der Waals surface area contributed by atoms with Gasteiger partial charge in [0, 0.05) is 13.5 Å². The van der Waals surface area contributed by atoms with Gasteiger partial charge in [-0.2, -0.15) is 0 Å². The first-order valence-electron chi connectivity index (χ1n) is 2.37. The van der Waals surface area contributed by atoms with E-state index < -0.39 is 0 Å². The molecule has 0 N–H and O–H groups in total. The van der Waals surface area contributed by atoms with Crippen LogP contribution in [0.1, 0.15) is 0 Å². The van der Waals surface area contributed by atoms with Gasteiger partial charge < -0.3 is 9.47 Å². The second-order valence-corrected chi connectivity index (χ2v) is 1.55. The Bertz CT molecular complexity index is 48.0. The van der Waals surface area contributed by atoms with Crippen LogP contribution in [0.3, 0.4) is 0 Å². The van der Waals surface area contributed by atoms with E-state index in [4.69, 9.17) is 9.47 Å². The molecule has 1 aliphatic heterocycles. The monoisotopic (exact) mass is 101 g/mol. The van der Waals surface area contributed by atoms with Crippen molar-refractivity contribution >= 4 is 0 Å². The lowest BCUT2D eigenvalue weighted by atomic mass is 10.3. The molecule has 1 fully saturated rings. The molecule has 1 heterocycles. The molecule has 0 aliphatic carbocycles. The van der Waals surface area contributed by atoms with Gasteiger partial charge in [-0.25, -0.2) is 0 Å². The third kappa shape index (κ3) is 1.14. The lowest BCUT2D eigenvalue weighted by Gasteiger charge is -2.00. The van der Waals surface area contributed by atoms with E-state index in [1.165, 1.54) is 0 Å². The highest BCUT2D eigenvalue weighted by atomic mass is 16.5. The standard InChI is InChI=1S/C5H9O2/c1-6-5-2-3-7-4-5/h2,5H,3-4H2,1H3/t5-/m1/s1. The predicted octanol–water partition coefficient (Wildman–Crippen LogP) is 0.236. The minimum Gasteiger partial charge on any atom is -0.379 e. The Kier molecular flexibility index (Phi) is 1.65. The van der Waals surface area contributed by atoms with Crippen molar-refractivity contribution in [1.82, 2.24) is 0 Å². The van der Waals surface area contributed by atoms with Crippen LogP contribution in [0.15, 0.2) is 0 Å². The first-order valence-corrected chi connectivity index (χ1v) is 2.37. The Labute approximate surface area is 43.4 Å². The quantitative estimate of drug-likeness (QED) is 0.471. The molecule has 0 aromatic rings. The molecule has 1 rings (SSSR count). The molecular formula is C5H9O2. The highest BCUT2D eigenvalue weighted by Crippen LogP contribution is 2.03. The summed E-state index contributed by atoms with van der Waals surface area (Å²) in [6, 6.07) is 0. The van der Waals surface area contributed by atoms with Crippen LogP contribution < -0.4 is 0 Å². The number of hydrogen-bond donors (Lipinski definition) is 0. The van der Waals surface area contributed by atoms with Crippen LogP contribution in [0.2, 0.25) is 0 Å². The zero-order valence-electron chi connectivity index (χ0n) is 4.39. The van der Waals surface area contributed by atoms with Gasteiger partial charge in [0.25, 0.3) is 0 Å². The summed E-state index contributed by atoms with van der Waals surface area (Å²) in [6.07, 6.45) is 2.26. The van der Waals surface area contributed by atoms with E-state index in [2.05, 4.69) is 0 Å². The Morgan fingerprint density at radius 2 is 2.71 bits per heavy atom. The summed E-state index contributed by atoms with van der Waals surface area (Å²) >= 11 is 0.